The maximum atomic E-state index is 11.8. The van der Waals surface area contributed by atoms with Crippen LogP contribution in [0.2, 0.25) is 0 Å². The van der Waals surface area contributed by atoms with E-state index in [1.165, 1.54) is 0 Å². The molecule has 0 amide bonds. The SMILES string of the molecule is CC1CC(C(=O)c2cccc(Br)n2)C1. The van der Waals surface area contributed by atoms with Crippen molar-refractivity contribution >= 4 is 21.7 Å². The lowest BCUT2D eigenvalue weighted by Crippen LogP contribution is -2.29. The molecular weight excluding hydrogens is 242 g/mol. The first kappa shape index (κ1) is 9.84. The van der Waals surface area contributed by atoms with Crippen LogP contribution in [0.25, 0.3) is 0 Å². The molecular formula is C11H12BrNO. The normalized spacial score (nSPS) is 25.6. The molecule has 1 heterocycles. The molecule has 0 unspecified atom stereocenters. The number of pyridine rings is 1. The molecule has 0 bridgehead atoms. The van der Waals surface area contributed by atoms with Gasteiger partial charge >= 0.3 is 0 Å². The largest absolute Gasteiger partial charge is 0.292 e. The topological polar surface area (TPSA) is 30.0 Å². The number of carbonyl (C=O) groups excluding carboxylic acids is 1. The molecule has 1 aliphatic rings. The van der Waals surface area contributed by atoms with Gasteiger partial charge in [0, 0.05) is 5.92 Å². The molecule has 0 radical (unpaired) electrons. The van der Waals surface area contributed by atoms with E-state index in [2.05, 4.69) is 27.8 Å². The predicted octanol–water partition coefficient (Wildman–Crippen LogP) is 3.07. The molecule has 1 aliphatic carbocycles. The zero-order valence-electron chi connectivity index (χ0n) is 8.03. The third-order valence-electron chi connectivity index (χ3n) is 2.71. The van der Waals surface area contributed by atoms with Gasteiger partial charge < -0.3 is 0 Å². The highest BCUT2D eigenvalue weighted by molar-refractivity contribution is 9.10. The van der Waals surface area contributed by atoms with E-state index in [0.29, 0.717) is 11.6 Å². The van der Waals surface area contributed by atoms with Crippen LogP contribution in [0, 0.1) is 11.8 Å². The summed E-state index contributed by atoms with van der Waals surface area (Å²) >= 11 is 3.27. The minimum Gasteiger partial charge on any atom is -0.292 e. The van der Waals surface area contributed by atoms with Gasteiger partial charge in [0.1, 0.15) is 10.3 Å². The molecule has 1 saturated carbocycles. The first-order valence-electron chi connectivity index (χ1n) is 4.83. The van der Waals surface area contributed by atoms with Gasteiger partial charge in [-0.05, 0) is 46.8 Å². The van der Waals surface area contributed by atoms with Crippen molar-refractivity contribution in [2.75, 3.05) is 0 Å². The van der Waals surface area contributed by atoms with E-state index in [9.17, 15) is 4.79 Å². The first-order chi connectivity index (χ1) is 6.66. The van der Waals surface area contributed by atoms with E-state index in [1.807, 2.05) is 12.1 Å². The standard InChI is InChI=1S/C11H12BrNO/c1-7-5-8(6-7)11(14)9-3-2-4-10(12)13-9/h2-4,7-8H,5-6H2,1H3. The third kappa shape index (κ3) is 1.87. The minimum atomic E-state index is 0.199. The molecule has 0 saturated heterocycles. The second kappa shape index (κ2) is 3.81. The van der Waals surface area contributed by atoms with Crippen LogP contribution in [0.15, 0.2) is 22.8 Å². The van der Waals surface area contributed by atoms with Crippen molar-refractivity contribution in [3.63, 3.8) is 0 Å². The Morgan fingerprint density at radius 1 is 1.50 bits per heavy atom. The van der Waals surface area contributed by atoms with E-state index in [-0.39, 0.29) is 11.7 Å². The van der Waals surface area contributed by atoms with Gasteiger partial charge in [0.05, 0.1) is 0 Å². The quantitative estimate of drug-likeness (QED) is 0.599. The molecule has 3 heteroatoms. The lowest BCUT2D eigenvalue weighted by Gasteiger charge is -2.30. The van der Waals surface area contributed by atoms with Crippen LogP contribution >= 0.6 is 15.9 Å². The summed E-state index contributed by atoms with van der Waals surface area (Å²) < 4.78 is 0.732. The van der Waals surface area contributed by atoms with Crippen LogP contribution in [0.5, 0.6) is 0 Å². The Bertz CT molecular complexity index is 358. The van der Waals surface area contributed by atoms with Crippen LogP contribution in [-0.4, -0.2) is 10.8 Å². The number of nitrogens with zero attached hydrogens (tertiary/aromatic N) is 1. The Morgan fingerprint density at radius 3 is 2.79 bits per heavy atom. The molecule has 1 aromatic heterocycles. The molecule has 0 aromatic carbocycles. The smallest absolute Gasteiger partial charge is 0.184 e. The van der Waals surface area contributed by atoms with Gasteiger partial charge in [-0.2, -0.15) is 0 Å². The lowest BCUT2D eigenvalue weighted by atomic mass is 9.73. The van der Waals surface area contributed by atoms with E-state index in [4.69, 9.17) is 0 Å². The molecule has 0 aliphatic heterocycles. The highest BCUT2D eigenvalue weighted by Crippen LogP contribution is 2.35. The number of aromatic nitrogens is 1. The number of hydrogen-bond donors (Lipinski definition) is 0. The monoisotopic (exact) mass is 253 g/mol. The number of hydrogen-bond acceptors (Lipinski definition) is 2. The first-order valence-corrected chi connectivity index (χ1v) is 5.63. The number of carbonyl (C=O) groups is 1. The van der Waals surface area contributed by atoms with Crippen molar-refractivity contribution in [1.29, 1.82) is 0 Å². The number of ketones is 1. The van der Waals surface area contributed by atoms with Crippen molar-refractivity contribution in [1.82, 2.24) is 4.98 Å². The Labute approximate surface area is 91.9 Å². The molecule has 74 valence electrons. The van der Waals surface area contributed by atoms with E-state index < -0.39 is 0 Å². The summed E-state index contributed by atoms with van der Waals surface area (Å²) in [6.45, 7) is 2.18. The Morgan fingerprint density at radius 2 is 2.21 bits per heavy atom. The summed E-state index contributed by atoms with van der Waals surface area (Å²) in [6.07, 6.45) is 2.04. The highest BCUT2D eigenvalue weighted by Gasteiger charge is 2.32. The van der Waals surface area contributed by atoms with E-state index in [1.54, 1.807) is 6.07 Å². The van der Waals surface area contributed by atoms with Crippen molar-refractivity contribution in [3.05, 3.63) is 28.5 Å². The zero-order chi connectivity index (χ0) is 10.1. The zero-order valence-corrected chi connectivity index (χ0v) is 9.62. The Balaban J connectivity index is 2.12. The van der Waals surface area contributed by atoms with Crippen LogP contribution in [0.1, 0.15) is 30.3 Å². The fraction of sp³-hybridized carbons (Fsp3) is 0.455. The summed E-state index contributed by atoms with van der Waals surface area (Å²) in [7, 11) is 0. The maximum Gasteiger partial charge on any atom is 0.184 e. The van der Waals surface area contributed by atoms with Gasteiger partial charge in [0.25, 0.3) is 0 Å². The van der Waals surface area contributed by atoms with Gasteiger partial charge in [-0.3, -0.25) is 4.79 Å². The molecule has 1 aromatic rings. The number of rotatable bonds is 2. The van der Waals surface area contributed by atoms with Crippen LogP contribution in [0.4, 0.5) is 0 Å². The third-order valence-corrected chi connectivity index (χ3v) is 3.15. The average molecular weight is 254 g/mol. The second-order valence-corrected chi connectivity index (χ2v) is 4.80. The average Bonchev–Trinajstić information content (AvgIpc) is 2.12. The highest BCUT2D eigenvalue weighted by atomic mass is 79.9. The molecule has 1 fully saturated rings. The van der Waals surface area contributed by atoms with Gasteiger partial charge in [-0.15, -0.1) is 0 Å². The van der Waals surface area contributed by atoms with E-state index in [0.717, 1.165) is 17.4 Å². The van der Waals surface area contributed by atoms with Crippen LogP contribution in [0.3, 0.4) is 0 Å². The number of Topliss-reactive ketones (excluding diaryl/α,β-unsaturated/α-hetero) is 1. The fourth-order valence-electron chi connectivity index (χ4n) is 1.87. The van der Waals surface area contributed by atoms with Gasteiger partial charge in [-0.25, -0.2) is 4.98 Å². The second-order valence-electron chi connectivity index (χ2n) is 3.98. The molecule has 2 rings (SSSR count). The lowest BCUT2D eigenvalue weighted by molar-refractivity contribution is 0.0786. The minimum absolute atomic E-state index is 0.199. The molecule has 2 nitrogen and oxygen atoms in total. The maximum absolute atomic E-state index is 11.8. The van der Waals surface area contributed by atoms with E-state index >= 15 is 0 Å². The van der Waals surface area contributed by atoms with Gasteiger partial charge in [0.15, 0.2) is 5.78 Å². The van der Waals surface area contributed by atoms with Crippen LogP contribution in [-0.2, 0) is 0 Å². The van der Waals surface area contributed by atoms with Crippen LogP contribution < -0.4 is 0 Å². The van der Waals surface area contributed by atoms with Crippen molar-refractivity contribution in [2.45, 2.75) is 19.8 Å². The summed E-state index contributed by atoms with van der Waals surface area (Å²) in [4.78, 5) is 16.0. The molecule has 14 heavy (non-hydrogen) atoms. The molecule has 0 N–H and O–H groups in total. The van der Waals surface area contributed by atoms with Crippen molar-refractivity contribution in [3.8, 4) is 0 Å². The predicted molar refractivity (Wildman–Crippen MR) is 58.2 cm³/mol. The Hall–Kier alpha value is -0.700. The molecule has 0 spiro atoms. The fourth-order valence-corrected chi connectivity index (χ4v) is 2.21. The summed E-state index contributed by atoms with van der Waals surface area (Å²) in [5.74, 6) is 1.12. The summed E-state index contributed by atoms with van der Waals surface area (Å²) in [6, 6.07) is 5.47. The summed E-state index contributed by atoms with van der Waals surface area (Å²) in [5.41, 5.74) is 0.594. The van der Waals surface area contributed by atoms with Crippen molar-refractivity contribution < 1.29 is 4.79 Å². The van der Waals surface area contributed by atoms with Crippen molar-refractivity contribution in [2.24, 2.45) is 11.8 Å². The summed E-state index contributed by atoms with van der Waals surface area (Å²) in [5, 5.41) is 0. The Kier molecular flexibility index (Phi) is 2.68. The van der Waals surface area contributed by atoms with Gasteiger partial charge in [-0.1, -0.05) is 13.0 Å². The molecule has 0 atom stereocenters. The van der Waals surface area contributed by atoms with Gasteiger partial charge in [0.2, 0.25) is 0 Å². The number of halogens is 1.